The van der Waals surface area contributed by atoms with E-state index in [4.69, 9.17) is 5.11 Å². The van der Waals surface area contributed by atoms with Crippen molar-refractivity contribution in [1.29, 1.82) is 0 Å². The number of benzene rings is 1. The van der Waals surface area contributed by atoms with Gasteiger partial charge < -0.3 is 5.11 Å². The van der Waals surface area contributed by atoms with E-state index in [-0.39, 0.29) is 0 Å². The van der Waals surface area contributed by atoms with Gasteiger partial charge in [-0.15, -0.1) is 0 Å². The highest BCUT2D eigenvalue weighted by Gasteiger charge is 2.17. The summed E-state index contributed by atoms with van der Waals surface area (Å²) in [7, 11) is -1.30. The smallest absolute Gasteiger partial charge is 0.321 e. The number of rotatable bonds is 6. The number of hydrogen-bond donors (Lipinski definition) is 2. The Morgan fingerprint density at radius 3 is 2.56 bits per heavy atom. The van der Waals surface area contributed by atoms with Crippen molar-refractivity contribution in [1.82, 2.24) is 4.72 Å². The molecule has 0 spiro atoms. The fraction of sp³-hybridized carbons (Fsp3) is 0.364. The van der Waals surface area contributed by atoms with Crippen LogP contribution in [0.4, 0.5) is 0 Å². The van der Waals surface area contributed by atoms with Crippen LogP contribution in [0.3, 0.4) is 0 Å². The van der Waals surface area contributed by atoms with Gasteiger partial charge in [0.25, 0.3) is 0 Å². The van der Waals surface area contributed by atoms with Gasteiger partial charge in [0.05, 0.1) is 11.0 Å². The van der Waals surface area contributed by atoms with E-state index in [1.165, 1.54) is 6.26 Å². The van der Waals surface area contributed by atoms with Gasteiger partial charge >= 0.3 is 5.97 Å². The number of carboxylic acids is 1. The average Bonchev–Trinajstić information content (AvgIpc) is 2.25. The fourth-order valence-electron chi connectivity index (χ4n) is 1.39. The zero-order valence-electron chi connectivity index (χ0n) is 9.05. The molecular formula is C11H15NO3S. The van der Waals surface area contributed by atoms with Gasteiger partial charge in [0, 0.05) is 6.26 Å². The van der Waals surface area contributed by atoms with Crippen molar-refractivity contribution in [2.45, 2.75) is 18.9 Å². The lowest BCUT2D eigenvalue weighted by Gasteiger charge is -2.11. The summed E-state index contributed by atoms with van der Waals surface area (Å²) in [4.78, 5) is 10.9. The molecule has 2 N–H and O–H groups in total. The maximum atomic E-state index is 10.9. The van der Waals surface area contributed by atoms with E-state index in [0.717, 1.165) is 5.56 Å². The third kappa shape index (κ3) is 4.55. The summed E-state index contributed by atoms with van der Waals surface area (Å²) in [6, 6.07) is 8.87. The molecule has 1 aromatic rings. The Kier molecular flexibility index (Phi) is 5.14. The van der Waals surface area contributed by atoms with Crippen LogP contribution in [0.25, 0.3) is 0 Å². The third-order valence-corrected chi connectivity index (χ3v) is 2.79. The van der Waals surface area contributed by atoms with E-state index in [1.807, 2.05) is 30.3 Å². The van der Waals surface area contributed by atoms with Gasteiger partial charge in [-0.2, -0.15) is 0 Å². The summed E-state index contributed by atoms with van der Waals surface area (Å²) >= 11 is 0. The number of aliphatic carboxylic acids is 1. The maximum absolute atomic E-state index is 10.9. The van der Waals surface area contributed by atoms with Crippen molar-refractivity contribution >= 4 is 17.0 Å². The second-order valence-electron chi connectivity index (χ2n) is 3.49. The molecule has 0 fully saturated rings. The van der Waals surface area contributed by atoms with Crippen LogP contribution in [0.15, 0.2) is 30.3 Å². The van der Waals surface area contributed by atoms with Gasteiger partial charge in [0.2, 0.25) is 0 Å². The standard InChI is InChI=1S/C11H15NO3S/c1-16(15)12-10(11(13)14)8-7-9-5-3-2-4-6-9/h2-6,10,12H,7-8H2,1H3,(H,13,14)/t10-,16?/m1/s1. The van der Waals surface area contributed by atoms with Crippen LogP contribution in [-0.2, 0) is 22.2 Å². The first-order valence-corrected chi connectivity index (χ1v) is 6.51. The summed E-state index contributed by atoms with van der Waals surface area (Å²) in [5.41, 5.74) is 1.08. The van der Waals surface area contributed by atoms with Gasteiger partial charge in [-0.25, -0.2) is 8.93 Å². The van der Waals surface area contributed by atoms with E-state index in [1.54, 1.807) is 0 Å². The van der Waals surface area contributed by atoms with Gasteiger partial charge in [-0.05, 0) is 18.4 Å². The van der Waals surface area contributed by atoms with Gasteiger partial charge in [-0.3, -0.25) is 4.79 Å². The molecule has 1 aromatic carbocycles. The predicted molar refractivity (Wildman–Crippen MR) is 63.4 cm³/mol. The summed E-state index contributed by atoms with van der Waals surface area (Å²) in [6.07, 6.45) is 2.51. The number of aryl methyl sites for hydroxylation is 1. The van der Waals surface area contributed by atoms with Crippen molar-refractivity contribution in [2.24, 2.45) is 0 Å². The molecule has 0 saturated carbocycles. The SMILES string of the molecule is CS(=O)N[C@H](CCc1ccccc1)C(=O)O. The first kappa shape index (κ1) is 12.9. The molecule has 0 aliphatic rings. The first-order chi connectivity index (χ1) is 7.59. The summed E-state index contributed by atoms with van der Waals surface area (Å²) < 4.78 is 13.4. The lowest BCUT2D eigenvalue weighted by molar-refractivity contribution is -0.139. The predicted octanol–water partition coefficient (Wildman–Crippen LogP) is 0.956. The monoisotopic (exact) mass is 241 g/mol. The molecule has 2 atom stereocenters. The lowest BCUT2D eigenvalue weighted by Crippen LogP contribution is -2.37. The van der Waals surface area contributed by atoms with Gasteiger partial charge in [0.15, 0.2) is 0 Å². The molecule has 0 amide bonds. The Balaban J connectivity index is 2.50. The average molecular weight is 241 g/mol. The highest BCUT2D eigenvalue weighted by molar-refractivity contribution is 7.82. The van der Waals surface area contributed by atoms with Crippen LogP contribution in [-0.4, -0.2) is 27.6 Å². The minimum Gasteiger partial charge on any atom is -0.480 e. The van der Waals surface area contributed by atoms with Crippen LogP contribution in [0.2, 0.25) is 0 Å². The molecule has 1 rings (SSSR count). The van der Waals surface area contributed by atoms with Crippen LogP contribution in [0.5, 0.6) is 0 Å². The second kappa shape index (κ2) is 6.40. The highest BCUT2D eigenvalue weighted by Crippen LogP contribution is 2.05. The van der Waals surface area contributed by atoms with Crippen molar-refractivity contribution in [2.75, 3.05) is 6.26 Å². The Labute approximate surface area is 97.3 Å². The largest absolute Gasteiger partial charge is 0.480 e. The Hall–Kier alpha value is -1.20. The maximum Gasteiger partial charge on any atom is 0.321 e. The molecule has 0 aliphatic carbocycles. The molecule has 1 unspecified atom stereocenters. The fourth-order valence-corrected chi connectivity index (χ4v) is 2.01. The highest BCUT2D eigenvalue weighted by atomic mass is 32.2. The summed E-state index contributed by atoms with van der Waals surface area (Å²) in [5.74, 6) is -0.967. The van der Waals surface area contributed by atoms with Crippen LogP contribution >= 0.6 is 0 Å². The van der Waals surface area contributed by atoms with Crippen molar-refractivity contribution in [3.8, 4) is 0 Å². The molecule has 16 heavy (non-hydrogen) atoms. The normalized spacial score (nSPS) is 14.3. The summed E-state index contributed by atoms with van der Waals surface area (Å²) in [5, 5.41) is 8.90. The number of carboxylic acid groups (broad SMARTS) is 1. The van der Waals surface area contributed by atoms with E-state index in [2.05, 4.69) is 4.72 Å². The van der Waals surface area contributed by atoms with Crippen LogP contribution in [0, 0.1) is 0 Å². The van der Waals surface area contributed by atoms with E-state index >= 15 is 0 Å². The first-order valence-electron chi connectivity index (χ1n) is 4.96. The quantitative estimate of drug-likeness (QED) is 0.779. The number of nitrogens with one attached hydrogen (secondary N) is 1. The molecule has 0 heterocycles. The third-order valence-electron chi connectivity index (χ3n) is 2.17. The zero-order valence-corrected chi connectivity index (χ0v) is 9.87. The molecule has 88 valence electrons. The molecule has 0 aromatic heterocycles. The van der Waals surface area contributed by atoms with E-state index in [0.29, 0.717) is 12.8 Å². The number of carbonyl (C=O) groups is 1. The minimum atomic E-state index is -1.30. The Bertz CT molecular complexity index is 367. The second-order valence-corrected chi connectivity index (χ2v) is 4.63. The van der Waals surface area contributed by atoms with Gasteiger partial charge in [0.1, 0.15) is 6.04 Å². The molecule has 0 saturated heterocycles. The Morgan fingerprint density at radius 1 is 1.44 bits per heavy atom. The van der Waals surface area contributed by atoms with Crippen molar-refractivity contribution < 1.29 is 14.1 Å². The molecule has 5 heteroatoms. The molecule has 0 radical (unpaired) electrons. The minimum absolute atomic E-state index is 0.429. The molecule has 0 aliphatic heterocycles. The van der Waals surface area contributed by atoms with E-state index < -0.39 is 23.0 Å². The zero-order chi connectivity index (χ0) is 12.0. The van der Waals surface area contributed by atoms with Crippen LogP contribution < -0.4 is 4.72 Å². The van der Waals surface area contributed by atoms with Crippen LogP contribution in [0.1, 0.15) is 12.0 Å². The molecule has 4 nitrogen and oxygen atoms in total. The van der Waals surface area contributed by atoms with Crippen molar-refractivity contribution in [3.05, 3.63) is 35.9 Å². The van der Waals surface area contributed by atoms with Crippen molar-refractivity contribution in [3.63, 3.8) is 0 Å². The molecule has 0 bridgehead atoms. The van der Waals surface area contributed by atoms with E-state index in [9.17, 15) is 9.00 Å². The topological polar surface area (TPSA) is 66.4 Å². The summed E-state index contributed by atoms with van der Waals surface area (Å²) in [6.45, 7) is 0. The number of hydrogen-bond acceptors (Lipinski definition) is 2. The molecular weight excluding hydrogens is 226 g/mol. The van der Waals surface area contributed by atoms with Gasteiger partial charge in [-0.1, -0.05) is 30.3 Å². The lowest BCUT2D eigenvalue weighted by atomic mass is 10.1. The Morgan fingerprint density at radius 2 is 2.06 bits per heavy atom.